The van der Waals surface area contributed by atoms with Crippen LogP contribution in [0.2, 0.25) is 0 Å². The van der Waals surface area contributed by atoms with Gasteiger partial charge in [0.2, 0.25) is 0 Å². The lowest BCUT2D eigenvalue weighted by Crippen LogP contribution is -2.35. The van der Waals surface area contributed by atoms with Crippen LogP contribution in [-0.2, 0) is 10.9 Å². The molecule has 0 bridgehead atoms. The molecule has 1 heterocycles. The Morgan fingerprint density at radius 1 is 1.20 bits per heavy atom. The average molecular weight is 420 g/mol. The average Bonchev–Trinajstić information content (AvgIpc) is 3.20. The number of amides is 1. The third-order valence-electron chi connectivity index (χ3n) is 5.60. The molecule has 2 unspecified atom stereocenters. The van der Waals surface area contributed by atoms with Gasteiger partial charge in [0.15, 0.2) is 0 Å². The van der Waals surface area contributed by atoms with E-state index in [1.165, 1.54) is 12.1 Å². The third kappa shape index (κ3) is 5.40. The molecule has 0 spiro atoms. The SMILES string of the molecule is COCC(c1cccc(C(F)(F)F)c1)N(C)CC1CCN(C(=O)c2ccccc2)C1. The summed E-state index contributed by atoms with van der Waals surface area (Å²) in [6.45, 7) is 2.28. The number of hydrogen-bond donors (Lipinski definition) is 0. The highest BCUT2D eigenvalue weighted by atomic mass is 19.4. The number of likely N-dealkylation sites (tertiary alicyclic amines) is 1. The number of benzene rings is 2. The van der Waals surface area contributed by atoms with Gasteiger partial charge in [-0.15, -0.1) is 0 Å². The van der Waals surface area contributed by atoms with Crippen molar-refractivity contribution in [1.29, 1.82) is 0 Å². The molecule has 3 rings (SSSR count). The molecule has 1 aliphatic rings. The van der Waals surface area contributed by atoms with Gasteiger partial charge in [-0.2, -0.15) is 13.2 Å². The van der Waals surface area contributed by atoms with E-state index in [1.54, 1.807) is 13.2 Å². The predicted octanol–water partition coefficient (Wildman–Crippen LogP) is 4.49. The van der Waals surface area contributed by atoms with E-state index < -0.39 is 11.7 Å². The summed E-state index contributed by atoms with van der Waals surface area (Å²) in [6.07, 6.45) is -3.51. The van der Waals surface area contributed by atoms with Gasteiger partial charge in [-0.05, 0) is 49.2 Å². The maximum Gasteiger partial charge on any atom is 0.416 e. The first-order valence-corrected chi connectivity index (χ1v) is 10.00. The molecule has 1 aliphatic heterocycles. The van der Waals surface area contributed by atoms with Crippen LogP contribution in [0.5, 0.6) is 0 Å². The number of nitrogens with zero attached hydrogens (tertiary/aromatic N) is 2. The summed E-state index contributed by atoms with van der Waals surface area (Å²) in [5.41, 5.74) is 0.590. The lowest BCUT2D eigenvalue weighted by molar-refractivity contribution is -0.137. The van der Waals surface area contributed by atoms with Crippen LogP contribution in [-0.4, -0.2) is 56.1 Å². The Morgan fingerprint density at radius 3 is 2.60 bits per heavy atom. The minimum absolute atomic E-state index is 0.0204. The Bertz CT molecular complexity index is 842. The van der Waals surface area contributed by atoms with Crippen LogP contribution in [0.3, 0.4) is 0 Å². The maximum absolute atomic E-state index is 13.1. The van der Waals surface area contributed by atoms with Crippen LogP contribution in [0, 0.1) is 5.92 Å². The summed E-state index contributed by atoms with van der Waals surface area (Å²) in [5, 5.41) is 0. The van der Waals surface area contributed by atoms with E-state index in [0.29, 0.717) is 30.8 Å². The minimum Gasteiger partial charge on any atom is -0.383 e. The minimum atomic E-state index is -4.38. The molecule has 2 aromatic carbocycles. The van der Waals surface area contributed by atoms with Crippen LogP contribution >= 0.6 is 0 Å². The smallest absolute Gasteiger partial charge is 0.383 e. The first kappa shape index (κ1) is 22.3. The van der Waals surface area contributed by atoms with Crippen molar-refractivity contribution >= 4 is 5.91 Å². The highest BCUT2D eigenvalue weighted by Crippen LogP contribution is 2.32. The van der Waals surface area contributed by atoms with E-state index in [0.717, 1.165) is 12.5 Å². The number of ether oxygens (including phenoxy) is 1. The van der Waals surface area contributed by atoms with E-state index in [9.17, 15) is 18.0 Å². The van der Waals surface area contributed by atoms with Crippen molar-refractivity contribution in [3.05, 3.63) is 71.3 Å². The van der Waals surface area contributed by atoms with Crippen molar-refractivity contribution in [2.45, 2.75) is 18.6 Å². The number of hydrogen-bond acceptors (Lipinski definition) is 3. The van der Waals surface area contributed by atoms with Crippen LogP contribution < -0.4 is 0 Å². The fourth-order valence-electron chi connectivity index (χ4n) is 4.02. The maximum atomic E-state index is 13.1. The molecule has 30 heavy (non-hydrogen) atoms. The highest BCUT2D eigenvalue weighted by molar-refractivity contribution is 5.94. The largest absolute Gasteiger partial charge is 0.416 e. The van der Waals surface area contributed by atoms with E-state index >= 15 is 0 Å². The molecular weight excluding hydrogens is 393 g/mol. The molecule has 4 nitrogen and oxygen atoms in total. The van der Waals surface area contributed by atoms with E-state index in [-0.39, 0.29) is 24.5 Å². The van der Waals surface area contributed by atoms with Gasteiger partial charge in [0.1, 0.15) is 0 Å². The molecule has 162 valence electrons. The molecule has 0 aliphatic carbocycles. The molecule has 7 heteroatoms. The molecule has 1 amide bonds. The molecule has 0 aromatic heterocycles. The molecular formula is C23H27F3N2O2. The lowest BCUT2D eigenvalue weighted by Gasteiger charge is -2.30. The van der Waals surface area contributed by atoms with Gasteiger partial charge in [0.05, 0.1) is 18.2 Å². The summed E-state index contributed by atoms with van der Waals surface area (Å²) in [5.74, 6) is 0.278. The number of halogens is 3. The normalized spacial score (nSPS) is 18.1. The Kier molecular flexibility index (Phi) is 7.15. The molecule has 0 radical (unpaired) electrons. The fourth-order valence-corrected chi connectivity index (χ4v) is 4.02. The standard InChI is InChI=1S/C23H27F3N2O2/c1-27(21(16-30-2)19-9-6-10-20(13-19)23(24,25)26)14-17-11-12-28(15-17)22(29)18-7-4-3-5-8-18/h3-10,13,17,21H,11-12,14-16H2,1-2H3. The zero-order valence-electron chi connectivity index (χ0n) is 17.2. The van der Waals surface area contributed by atoms with Crippen molar-refractivity contribution in [2.75, 3.05) is 40.4 Å². The molecule has 2 aromatic rings. The quantitative estimate of drug-likeness (QED) is 0.662. The van der Waals surface area contributed by atoms with E-state index in [2.05, 4.69) is 0 Å². The number of alkyl halides is 3. The van der Waals surface area contributed by atoms with Crippen molar-refractivity contribution in [3.63, 3.8) is 0 Å². The third-order valence-corrected chi connectivity index (χ3v) is 5.60. The summed E-state index contributed by atoms with van der Waals surface area (Å²) >= 11 is 0. The fraction of sp³-hybridized carbons (Fsp3) is 0.435. The van der Waals surface area contributed by atoms with Crippen molar-refractivity contribution in [2.24, 2.45) is 5.92 Å². The number of carbonyl (C=O) groups excluding carboxylic acids is 1. The van der Waals surface area contributed by atoms with Gasteiger partial charge in [0.25, 0.3) is 5.91 Å². The lowest BCUT2D eigenvalue weighted by atomic mass is 10.0. The van der Waals surface area contributed by atoms with Gasteiger partial charge < -0.3 is 9.64 Å². The van der Waals surface area contributed by atoms with Crippen LogP contribution in [0.1, 0.15) is 33.9 Å². The summed E-state index contributed by atoms with van der Waals surface area (Å²) < 4.78 is 44.7. The van der Waals surface area contributed by atoms with E-state index in [1.807, 2.05) is 47.2 Å². The second kappa shape index (κ2) is 9.62. The zero-order valence-corrected chi connectivity index (χ0v) is 17.2. The molecule has 1 fully saturated rings. The van der Waals surface area contributed by atoms with Gasteiger partial charge in [-0.3, -0.25) is 9.69 Å². The summed E-state index contributed by atoms with van der Waals surface area (Å²) in [6, 6.07) is 14.3. The first-order chi connectivity index (χ1) is 14.3. The van der Waals surface area contributed by atoms with Gasteiger partial charge in [-0.1, -0.05) is 30.3 Å². The molecule has 0 N–H and O–H groups in total. The number of methoxy groups -OCH3 is 1. The summed E-state index contributed by atoms with van der Waals surface area (Å²) in [4.78, 5) is 16.5. The second-order valence-electron chi connectivity index (χ2n) is 7.81. The van der Waals surface area contributed by atoms with Crippen LogP contribution in [0.25, 0.3) is 0 Å². The van der Waals surface area contributed by atoms with E-state index in [4.69, 9.17) is 4.74 Å². The Balaban J connectivity index is 1.66. The van der Waals surface area contributed by atoms with Crippen molar-refractivity contribution in [1.82, 2.24) is 9.80 Å². The summed E-state index contributed by atoms with van der Waals surface area (Å²) in [7, 11) is 3.44. The van der Waals surface area contributed by atoms with Gasteiger partial charge in [0, 0.05) is 32.3 Å². The molecule has 0 saturated carbocycles. The topological polar surface area (TPSA) is 32.8 Å². The van der Waals surface area contributed by atoms with Crippen molar-refractivity contribution in [3.8, 4) is 0 Å². The van der Waals surface area contributed by atoms with Crippen LogP contribution in [0.4, 0.5) is 13.2 Å². The molecule has 2 atom stereocenters. The highest BCUT2D eigenvalue weighted by Gasteiger charge is 2.32. The number of carbonyl (C=O) groups is 1. The molecule has 1 saturated heterocycles. The van der Waals surface area contributed by atoms with Gasteiger partial charge in [-0.25, -0.2) is 0 Å². The van der Waals surface area contributed by atoms with Crippen molar-refractivity contribution < 1.29 is 22.7 Å². The Hall–Kier alpha value is -2.38. The number of likely N-dealkylation sites (N-methyl/N-ethyl adjacent to an activating group) is 1. The Morgan fingerprint density at radius 2 is 1.93 bits per heavy atom. The zero-order chi connectivity index (χ0) is 21.7. The Labute approximate surface area is 175 Å². The number of rotatable bonds is 7. The van der Waals surface area contributed by atoms with Crippen LogP contribution in [0.15, 0.2) is 54.6 Å². The predicted molar refractivity (Wildman–Crippen MR) is 109 cm³/mol. The monoisotopic (exact) mass is 420 g/mol. The second-order valence-corrected chi connectivity index (χ2v) is 7.81. The first-order valence-electron chi connectivity index (χ1n) is 10.00. The van der Waals surface area contributed by atoms with Gasteiger partial charge >= 0.3 is 6.18 Å².